The van der Waals surface area contributed by atoms with Gasteiger partial charge in [-0.15, -0.1) is 0 Å². The summed E-state index contributed by atoms with van der Waals surface area (Å²) in [6.07, 6.45) is 0. The number of phenolic OH excluding ortho intramolecular Hbond substituents is 1. The van der Waals surface area contributed by atoms with Gasteiger partial charge >= 0.3 is 0 Å². The van der Waals surface area contributed by atoms with Crippen molar-refractivity contribution in [3.8, 4) is 28.6 Å². The van der Waals surface area contributed by atoms with Crippen molar-refractivity contribution in [2.45, 2.75) is 0 Å². The fourth-order valence-electron chi connectivity index (χ4n) is 1.92. The summed E-state index contributed by atoms with van der Waals surface area (Å²) in [5, 5.41) is 24.5. The summed E-state index contributed by atoms with van der Waals surface area (Å²) in [5.41, 5.74) is 0.518. The first-order chi connectivity index (χ1) is 10.2. The van der Waals surface area contributed by atoms with Crippen molar-refractivity contribution in [3.05, 3.63) is 58.6 Å². The highest BCUT2D eigenvalue weighted by Crippen LogP contribution is 2.31. The van der Waals surface area contributed by atoms with Crippen molar-refractivity contribution < 1.29 is 14.6 Å². The molecule has 21 heavy (non-hydrogen) atoms. The summed E-state index contributed by atoms with van der Waals surface area (Å²) in [6, 6.07) is 12.6. The molecular formula is C14H9N3O4. The maximum absolute atomic E-state index is 11.0. The van der Waals surface area contributed by atoms with Crippen LogP contribution in [0.5, 0.6) is 5.75 Å². The van der Waals surface area contributed by atoms with Crippen LogP contribution in [-0.4, -0.2) is 20.2 Å². The first-order valence-electron chi connectivity index (χ1n) is 6.02. The lowest BCUT2D eigenvalue weighted by Gasteiger charge is -1.97. The van der Waals surface area contributed by atoms with Gasteiger partial charge in [-0.05, 0) is 18.2 Å². The molecule has 104 valence electrons. The zero-order valence-corrected chi connectivity index (χ0v) is 10.6. The lowest BCUT2D eigenvalue weighted by Crippen LogP contribution is -1.92. The Morgan fingerprint density at radius 2 is 1.71 bits per heavy atom. The summed E-state index contributed by atoms with van der Waals surface area (Å²) < 4.78 is 5.08. The van der Waals surface area contributed by atoms with Crippen molar-refractivity contribution in [3.63, 3.8) is 0 Å². The summed E-state index contributed by atoms with van der Waals surface area (Å²) in [6.45, 7) is 0. The molecule has 7 heteroatoms. The zero-order valence-electron chi connectivity index (χ0n) is 10.6. The van der Waals surface area contributed by atoms with Crippen LogP contribution in [0.2, 0.25) is 0 Å². The number of benzene rings is 2. The van der Waals surface area contributed by atoms with E-state index in [4.69, 9.17) is 4.52 Å². The summed E-state index contributed by atoms with van der Waals surface area (Å²) >= 11 is 0. The molecule has 0 amide bonds. The maximum atomic E-state index is 11.0. The fraction of sp³-hybridized carbons (Fsp3) is 0. The lowest BCUT2D eigenvalue weighted by atomic mass is 10.1. The van der Waals surface area contributed by atoms with Gasteiger partial charge in [0.25, 0.3) is 11.6 Å². The quantitative estimate of drug-likeness (QED) is 0.585. The van der Waals surface area contributed by atoms with Crippen LogP contribution in [0.3, 0.4) is 0 Å². The Balaban J connectivity index is 2.08. The van der Waals surface area contributed by atoms with E-state index in [1.54, 1.807) is 30.3 Å². The highest BCUT2D eigenvalue weighted by molar-refractivity contribution is 5.70. The van der Waals surface area contributed by atoms with Crippen molar-refractivity contribution in [2.75, 3.05) is 0 Å². The Hall–Kier alpha value is -3.22. The summed E-state index contributed by atoms with van der Waals surface area (Å²) in [4.78, 5) is 14.6. The van der Waals surface area contributed by atoms with Crippen molar-refractivity contribution in [2.24, 2.45) is 0 Å². The highest BCUT2D eigenvalue weighted by Gasteiger charge is 2.20. The molecule has 0 fully saturated rings. The Bertz CT molecular complexity index is 813. The molecule has 0 atom stereocenters. The van der Waals surface area contributed by atoms with Crippen LogP contribution >= 0.6 is 0 Å². The fourth-order valence-corrected chi connectivity index (χ4v) is 1.92. The van der Waals surface area contributed by atoms with Gasteiger partial charge in [0.15, 0.2) is 0 Å². The second-order valence-corrected chi connectivity index (χ2v) is 4.21. The molecule has 1 aromatic heterocycles. The van der Waals surface area contributed by atoms with Crippen LogP contribution in [0.25, 0.3) is 22.8 Å². The highest BCUT2D eigenvalue weighted by atomic mass is 16.6. The standard InChI is InChI=1S/C14H9N3O4/c18-12-8-4-2-6-10(12)14-15-13(16-21-14)9-5-1-3-7-11(9)17(19)20/h1-8,18H. The van der Waals surface area contributed by atoms with Gasteiger partial charge in [0, 0.05) is 6.07 Å². The van der Waals surface area contributed by atoms with E-state index in [0.717, 1.165) is 0 Å². The second kappa shape index (κ2) is 5.04. The Kier molecular flexibility index (Phi) is 3.07. The molecule has 0 saturated heterocycles. The average molecular weight is 283 g/mol. The largest absolute Gasteiger partial charge is 0.507 e. The Morgan fingerprint density at radius 1 is 1.05 bits per heavy atom. The van der Waals surface area contributed by atoms with E-state index in [1.807, 2.05) is 0 Å². The Labute approximate surface area is 118 Å². The molecule has 0 spiro atoms. The molecule has 0 bridgehead atoms. The SMILES string of the molecule is O=[N+]([O-])c1ccccc1-c1noc(-c2ccccc2O)n1. The number of aromatic nitrogens is 2. The predicted octanol–water partition coefficient (Wildman–Crippen LogP) is 3.02. The van der Waals surface area contributed by atoms with Crippen LogP contribution < -0.4 is 0 Å². The van der Waals surface area contributed by atoms with Crippen LogP contribution in [0.15, 0.2) is 53.1 Å². The first-order valence-corrected chi connectivity index (χ1v) is 6.02. The zero-order chi connectivity index (χ0) is 14.8. The lowest BCUT2D eigenvalue weighted by molar-refractivity contribution is -0.384. The van der Waals surface area contributed by atoms with E-state index in [1.165, 1.54) is 18.2 Å². The van der Waals surface area contributed by atoms with Gasteiger partial charge < -0.3 is 9.63 Å². The third kappa shape index (κ3) is 2.32. The number of hydrogen-bond donors (Lipinski definition) is 1. The van der Waals surface area contributed by atoms with Crippen molar-refractivity contribution in [1.82, 2.24) is 10.1 Å². The number of phenols is 1. The first kappa shape index (κ1) is 12.8. The molecule has 3 rings (SSSR count). The minimum Gasteiger partial charge on any atom is -0.507 e. The van der Waals surface area contributed by atoms with Crippen LogP contribution in [-0.2, 0) is 0 Å². The van der Waals surface area contributed by atoms with Crippen LogP contribution in [0.1, 0.15) is 0 Å². The van der Waals surface area contributed by atoms with E-state index in [2.05, 4.69) is 10.1 Å². The minimum atomic E-state index is -0.509. The van der Waals surface area contributed by atoms with E-state index >= 15 is 0 Å². The third-order valence-corrected chi connectivity index (χ3v) is 2.90. The molecule has 1 N–H and O–H groups in total. The van der Waals surface area contributed by atoms with Crippen LogP contribution in [0.4, 0.5) is 5.69 Å². The van der Waals surface area contributed by atoms with Gasteiger partial charge in [-0.25, -0.2) is 0 Å². The summed E-state index contributed by atoms with van der Waals surface area (Å²) in [7, 11) is 0. The molecule has 2 aromatic carbocycles. The van der Waals surface area contributed by atoms with Gasteiger partial charge in [-0.1, -0.05) is 29.4 Å². The van der Waals surface area contributed by atoms with Gasteiger partial charge in [0.2, 0.25) is 5.82 Å². The number of para-hydroxylation sites is 2. The Morgan fingerprint density at radius 3 is 2.43 bits per heavy atom. The maximum Gasteiger partial charge on any atom is 0.280 e. The van der Waals surface area contributed by atoms with Gasteiger partial charge in [0.05, 0.1) is 10.5 Å². The van der Waals surface area contributed by atoms with Gasteiger partial charge in [0.1, 0.15) is 11.3 Å². The normalized spacial score (nSPS) is 10.5. The molecule has 0 aliphatic heterocycles. The van der Waals surface area contributed by atoms with E-state index < -0.39 is 4.92 Å². The molecule has 0 aliphatic carbocycles. The topological polar surface area (TPSA) is 102 Å². The number of nitro benzene ring substituents is 1. The van der Waals surface area contributed by atoms with Gasteiger partial charge in [-0.3, -0.25) is 10.1 Å². The number of nitrogens with zero attached hydrogens (tertiary/aromatic N) is 3. The van der Waals surface area contributed by atoms with Gasteiger partial charge in [-0.2, -0.15) is 4.98 Å². The summed E-state index contributed by atoms with van der Waals surface area (Å²) in [5.74, 6) is 0.192. The predicted molar refractivity (Wildman–Crippen MR) is 73.5 cm³/mol. The monoisotopic (exact) mass is 283 g/mol. The number of aromatic hydroxyl groups is 1. The molecule has 7 nitrogen and oxygen atoms in total. The average Bonchev–Trinajstić information content (AvgIpc) is 2.97. The van der Waals surface area contributed by atoms with E-state index in [-0.39, 0.29) is 28.7 Å². The molecule has 0 saturated carbocycles. The second-order valence-electron chi connectivity index (χ2n) is 4.21. The molecule has 0 radical (unpaired) electrons. The van der Waals surface area contributed by atoms with E-state index in [0.29, 0.717) is 5.56 Å². The third-order valence-electron chi connectivity index (χ3n) is 2.90. The van der Waals surface area contributed by atoms with Crippen LogP contribution in [0, 0.1) is 10.1 Å². The van der Waals surface area contributed by atoms with Crippen molar-refractivity contribution in [1.29, 1.82) is 0 Å². The number of hydrogen-bond acceptors (Lipinski definition) is 6. The molecule has 1 heterocycles. The number of nitro groups is 1. The molecular weight excluding hydrogens is 274 g/mol. The molecule has 0 aliphatic rings. The molecule has 3 aromatic rings. The van der Waals surface area contributed by atoms with Crippen molar-refractivity contribution >= 4 is 5.69 Å². The minimum absolute atomic E-state index is 0.00439. The van der Waals surface area contributed by atoms with E-state index in [9.17, 15) is 15.2 Å². The number of rotatable bonds is 3. The molecule has 0 unspecified atom stereocenters. The smallest absolute Gasteiger partial charge is 0.280 e.